The minimum atomic E-state index is -1.74. The molecule has 7 amide bonds. The van der Waals surface area contributed by atoms with Crippen molar-refractivity contribution in [3.63, 3.8) is 0 Å². The normalized spacial score (nSPS) is 28.5. The fraction of sp³-hybridized carbons (Fsp3) is 0.537. The lowest BCUT2D eigenvalue weighted by Crippen LogP contribution is -2.63. The number of rotatable bonds is 6. The molecule has 318 valence electrons. The van der Waals surface area contributed by atoms with Crippen molar-refractivity contribution >= 4 is 47.2 Å². The van der Waals surface area contributed by atoms with Crippen molar-refractivity contribution in [3.8, 4) is 0 Å². The zero-order valence-corrected chi connectivity index (χ0v) is 33.4. The molecular formula is C41H51F2N7O9. The van der Waals surface area contributed by atoms with E-state index in [9.17, 15) is 47.4 Å². The maximum Gasteiger partial charge on any atom is 0.329 e. The van der Waals surface area contributed by atoms with Gasteiger partial charge in [-0.05, 0) is 87.8 Å². The lowest BCUT2D eigenvalue weighted by molar-refractivity contribution is -0.163. The maximum absolute atomic E-state index is 14.7. The first kappa shape index (κ1) is 42.9. The molecule has 59 heavy (non-hydrogen) atoms. The number of piperidine rings is 1. The van der Waals surface area contributed by atoms with Crippen LogP contribution in [0.4, 0.5) is 19.3 Å². The van der Waals surface area contributed by atoms with E-state index in [4.69, 9.17) is 4.74 Å². The highest BCUT2D eigenvalue weighted by atomic mass is 19.1. The Hall–Kier alpha value is -5.65. The third-order valence-electron chi connectivity index (χ3n) is 11.3. The number of aliphatic hydroxyl groups excluding tert-OH is 1. The number of amides is 7. The molecule has 2 aromatic rings. The Labute approximate surface area is 340 Å². The molecule has 9 atom stereocenters. The van der Waals surface area contributed by atoms with Gasteiger partial charge in [0, 0.05) is 44.2 Å². The number of nitrogens with one attached hydrogen (secondary N) is 4. The second-order valence-corrected chi connectivity index (χ2v) is 16.1. The second kappa shape index (κ2) is 18.1. The van der Waals surface area contributed by atoms with Gasteiger partial charge in [-0.3, -0.25) is 24.0 Å². The van der Waals surface area contributed by atoms with Gasteiger partial charge < -0.3 is 45.8 Å². The number of fused-ring (bicyclic) bond motifs is 3. The van der Waals surface area contributed by atoms with Crippen LogP contribution in [0, 0.1) is 24.5 Å². The van der Waals surface area contributed by atoms with Gasteiger partial charge in [-0.2, -0.15) is 0 Å². The Morgan fingerprint density at radius 3 is 2.31 bits per heavy atom. The highest BCUT2D eigenvalue weighted by Crippen LogP contribution is 2.29. The van der Waals surface area contributed by atoms with Crippen LogP contribution < -0.4 is 21.3 Å². The molecule has 6 rings (SSSR count). The monoisotopic (exact) mass is 823 g/mol. The van der Waals surface area contributed by atoms with E-state index in [1.807, 2.05) is 6.92 Å². The Morgan fingerprint density at radius 1 is 0.881 bits per heavy atom. The third kappa shape index (κ3) is 9.97. The molecule has 18 heteroatoms. The number of ether oxygens (including phenoxy) is 1. The third-order valence-corrected chi connectivity index (χ3v) is 11.3. The van der Waals surface area contributed by atoms with Crippen molar-refractivity contribution in [1.29, 1.82) is 0 Å². The number of aliphatic hydroxyl groups is 1. The maximum atomic E-state index is 14.7. The van der Waals surface area contributed by atoms with Crippen LogP contribution in [0.1, 0.15) is 64.0 Å². The summed E-state index contributed by atoms with van der Waals surface area (Å²) in [5.74, 6) is -6.57. The van der Waals surface area contributed by atoms with Gasteiger partial charge in [-0.15, -0.1) is 0 Å². The average Bonchev–Trinajstić information content (AvgIpc) is 3.77. The lowest BCUT2D eigenvalue weighted by Gasteiger charge is -2.39. The van der Waals surface area contributed by atoms with Crippen molar-refractivity contribution in [3.05, 3.63) is 65.2 Å². The van der Waals surface area contributed by atoms with E-state index in [1.165, 1.54) is 23.6 Å². The summed E-state index contributed by atoms with van der Waals surface area (Å²) in [6.45, 7) is 6.49. The number of aryl methyl sites for hydroxylation is 1. The van der Waals surface area contributed by atoms with Gasteiger partial charge >= 0.3 is 12.0 Å². The van der Waals surface area contributed by atoms with Crippen molar-refractivity contribution in [1.82, 2.24) is 30.7 Å². The number of carbonyl (C=O) groups excluding carboxylic acids is 7. The molecule has 4 fully saturated rings. The lowest BCUT2D eigenvalue weighted by atomic mass is 9.98. The summed E-state index contributed by atoms with van der Waals surface area (Å²) in [6.07, 6.45) is -1.60. The Balaban J connectivity index is 1.36. The van der Waals surface area contributed by atoms with Gasteiger partial charge in [0.2, 0.25) is 29.5 Å². The Bertz CT molecular complexity index is 1970. The van der Waals surface area contributed by atoms with Crippen molar-refractivity contribution in [2.75, 3.05) is 25.0 Å². The first-order valence-corrected chi connectivity index (χ1v) is 20.0. The van der Waals surface area contributed by atoms with E-state index in [2.05, 4.69) is 21.3 Å². The van der Waals surface area contributed by atoms with Crippen LogP contribution in [-0.2, 0) is 39.9 Å². The largest absolute Gasteiger partial charge is 0.458 e. The molecule has 2 aromatic carbocycles. The molecule has 0 unspecified atom stereocenters. The highest BCUT2D eigenvalue weighted by Gasteiger charge is 2.49. The summed E-state index contributed by atoms with van der Waals surface area (Å²) in [7, 11) is 0. The van der Waals surface area contributed by atoms with Crippen LogP contribution in [0.2, 0.25) is 0 Å². The molecule has 0 saturated carbocycles. The number of benzene rings is 2. The van der Waals surface area contributed by atoms with E-state index >= 15 is 0 Å². The fourth-order valence-corrected chi connectivity index (χ4v) is 8.45. The minimum Gasteiger partial charge on any atom is -0.458 e. The first-order chi connectivity index (χ1) is 28.0. The van der Waals surface area contributed by atoms with E-state index < -0.39 is 108 Å². The molecule has 4 aliphatic rings. The number of halogens is 2. The summed E-state index contributed by atoms with van der Waals surface area (Å²) in [5, 5.41) is 21.3. The summed E-state index contributed by atoms with van der Waals surface area (Å²) in [6, 6.07) is 0.796. The van der Waals surface area contributed by atoms with Crippen LogP contribution >= 0.6 is 0 Å². The number of hydrogen-bond donors (Lipinski definition) is 5. The zero-order chi connectivity index (χ0) is 42.7. The van der Waals surface area contributed by atoms with Gasteiger partial charge in [0.15, 0.2) is 0 Å². The Kier molecular flexibility index (Phi) is 13.2. The van der Waals surface area contributed by atoms with E-state index in [-0.39, 0.29) is 50.4 Å². The molecule has 0 aromatic heterocycles. The van der Waals surface area contributed by atoms with Crippen molar-refractivity contribution < 1.29 is 52.2 Å². The first-order valence-electron chi connectivity index (χ1n) is 20.0. The van der Waals surface area contributed by atoms with Crippen molar-refractivity contribution in [2.24, 2.45) is 5.92 Å². The topological polar surface area (TPSA) is 207 Å². The van der Waals surface area contributed by atoms with Gasteiger partial charge in [-0.25, -0.2) is 18.4 Å². The van der Waals surface area contributed by atoms with Crippen LogP contribution in [0.25, 0.3) is 0 Å². The summed E-state index contributed by atoms with van der Waals surface area (Å²) in [4.78, 5) is 102. The summed E-state index contributed by atoms with van der Waals surface area (Å²) >= 11 is 0. The number of esters is 1. The minimum absolute atomic E-state index is 0.00918. The molecule has 4 saturated heterocycles. The number of anilines is 1. The molecule has 0 spiro atoms. The number of urea groups is 1. The summed E-state index contributed by atoms with van der Waals surface area (Å²) in [5.41, 5.74) is 1.20. The van der Waals surface area contributed by atoms with E-state index in [0.29, 0.717) is 24.6 Å². The van der Waals surface area contributed by atoms with Crippen LogP contribution in [0.5, 0.6) is 0 Å². The molecule has 0 aliphatic carbocycles. The SMILES string of the molecule is Cc1cccc(NC(=O)N[C@@H](Cc2cc(F)cc(F)c2)C(=O)N[C@@H]2C(=O)N3C[C@H](O)C[C@H]3C(=O)N3CCCC[C@H]3C(=O)N[C@@H](C)C(=O)N3C[C@H](C)C[C@H]3C(=O)O[C@H]2C)c1. The summed E-state index contributed by atoms with van der Waals surface area (Å²) < 4.78 is 34.5. The predicted molar refractivity (Wildman–Crippen MR) is 207 cm³/mol. The number of hydrogen-bond acceptors (Lipinski definition) is 9. The van der Waals surface area contributed by atoms with E-state index in [0.717, 1.165) is 22.6 Å². The van der Waals surface area contributed by atoms with Gasteiger partial charge in [0.1, 0.15) is 54.0 Å². The number of nitrogens with zero attached hydrogens (tertiary/aromatic N) is 3. The Morgan fingerprint density at radius 2 is 1.59 bits per heavy atom. The second-order valence-electron chi connectivity index (χ2n) is 16.1. The number of carbonyl (C=O) groups is 7. The van der Waals surface area contributed by atoms with E-state index in [1.54, 1.807) is 31.2 Å². The molecule has 4 aliphatic heterocycles. The van der Waals surface area contributed by atoms with Crippen molar-refractivity contribution in [2.45, 2.75) is 115 Å². The van der Waals surface area contributed by atoms with Crippen LogP contribution in [-0.4, -0.2) is 129 Å². The molecular weight excluding hydrogens is 772 g/mol. The number of cyclic esters (lactones) is 1. The standard InChI is InChI=1S/C41H51F2N7O9/c1-21-8-7-9-28(12-21)45-41(58)46-30(16-25-14-26(42)17-27(43)15-25)35(52)47-34-24(4)59-40(57)33-13-22(2)19-49(33)37(54)23(3)44-36(53)31-10-5-6-11-48(31)38(55)32-18-29(51)20-50(32)39(34)56/h7-9,12,14-15,17,22-24,29-34,51H,5-6,10-11,13,16,18-20H2,1-4H3,(H,44,53)(H,47,52)(H2,45,46,58)/t22-,23+,24+,29-,30+,31+,32+,33+,34+/m1/s1. The molecule has 4 heterocycles. The predicted octanol–water partition coefficient (Wildman–Crippen LogP) is 1.52. The smallest absolute Gasteiger partial charge is 0.329 e. The fourth-order valence-electron chi connectivity index (χ4n) is 8.45. The quantitative estimate of drug-likeness (QED) is 0.268. The van der Waals surface area contributed by atoms with Gasteiger partial charge in [0.25, 0.3) is 0 Å². The molecule has 0 radical (unpaired) electrons. The zero-order valence-electron chi connectivity index (χ0n) is 33.4. The average molecular weight is 824 g/mol. The van der Waals surface area contributed by atoms with Gasteiger partial charge in [-0.1, -0.05) is 19.1 Å². The van der Waals surface area contributed by atoms with Crippen LogP contribution in [0.3, 0.4) is 0 Å². The molecule has 16 nitrogen and oxygen atoms in total. The highest BCUT2D eigenvalue weighted by molar-refractivity contribution is 5.99. The van der Waals surface area contributed by atoms with Gasteiger partial charge in [0.05, 0.1) is 6.10 Å². The molecule has 0 bridgehead atoms. The van der Waals surface area contributed by atoms with Crippen LogP contribution in [0.15, 0.2) is 42.5 Å². The molecule has 5 N–H and O–H groups in total.